The van der Waals surface area contributed by atoms with Crippen molar-refractivity contribution in [3.05, 3.63) is 89.7 Å². The van der Waals surface area contributed by atoms with Gasteiger partial charge in [0.15, 0.2) is 0 Å². The number of benzene rings is 3. The topological polar surface area (TPSA) is 73.2 Å². The van der Waals surface area contributed by atoms with Crippen LogP contribution in [0.5, 0.6) is 0 Å². The molecule has 0 fully saturated rings. The van der Waals surface area contributed by atoms with Gasteiger partial charge in [-0.3, -0.25) is 9.36 Å². The third-order valence-corrected chi connectivity index (χ3v) is 5.27. The van der Waals surface area contributed by atoms with E-state index >= 15 is 0 Å². The number of anilines is 1. The van der Waals surface area contributed by atoms with Gasteiger partial charge in [-0.1, -0.05) is 36.4 Å². The van der Waals surface area contributed by atoms with Gasteiger partial charge in [-0.2, -0.15) is 0 Å². The van der Waals surface area contributed by atoms with Gasteiger partial charge in [-0.15, -0.1) is 0 Å². The van der Waals surface area contributed by atoms with Gasteiger partial charge >= 0.3 is 5.97 Å². The van der Waals surface area contributed by atoms with Crippen LogP contribution in [0.2, 0.25) is 0 Å². The molecule has 1 amide bonds. The van der Waals surface area contributed by atoms with Crippen LogP contribution in [0.3, 0.4) is 0 Å². The molecule has 6 heteroatoms. The van der Waals surface area contributed by atoms with E-state index in [0.29, 0.717) is 11.3 Å². The Hall–Kier alpha value is -3.93. The van der Waals surface area contributed by atoms with Crippen LogP contribution in [0.4, 0.5) is 5.69 Å². The second-order valence-electron chi connectivity index (χ2n) is 7.27. The summed E-state index contributed by atoms with van der Waals surface area (Å²) in [6.07, 6.45) is -0.491. The number of amides is 1. The Morgan fingerprint density at radius 1 is 1.07 bits per heavy atom. The summed E-state index contributed by atoms with van der Waals surface area (Å²) >= 11 is 0. The van der Waals surface area contributed by atoms with Gasteiger partial charge in [0.25, 0.3) is 0 Å². The number of hydrogen-bond acceptors (Lipinski definition) is 4. The summed E-state index contributed by atoms with van der Waals surface area (Å²) in [6.45, 7) is 1.96. The molecule has 0 bridgehead atoms. The first-order valence-corrected chi connectivity index (χ1v) is 9.74. The number of aryl methyl sites for hydroxylation is 1. The van der Waals surface area contributed by atoms with E-state index in [-0.39, 0.29) is 18.3 Å². The second-order valence-corrected chi connectivity index (χ2v) is 7.27. The van der Waals surface area contributed by atoms with Gasteiger partial charge in [0.2, 0.25) is 5.91 Å². The maximum atomic E-state index is 12.6. The highest BCUT2D eigenvalue weighted by Crippen LogP contribution is 2.33. The average Bonchev–Trinajstić information content (AvgIpc) is 3.24. The highest BCUT2D eigenvalue weighted by atomic mass is 16.5. The fraction of sp³-hybridized carbons (Fsp3) is 0.125. The lowest BCUT2D eigenvalue weighted by atomic mass is 10.0. The maximum Gasteiger partial charge on any atom is 0.339 e. The lowest BCUT2D eigenvalue weighted by Crippen LogP contribution is -2.15. The van der Waals surface area contributed by atoms with E-state index in [9.17, 15) is 9.59 Å². The molecule has 0 unspecified atom stereocenters. The number of cyclic esters (lactones) is 1. The van der Waals surface area contributed by atoms with Gasteiger partial charge in [-0.25, -0.2) is 9.78 Å². The molecule has 5 rings (SSSR count). The largest absolute Gasteiger partial charge is 0.453 e. The van der Waals surface area contributed by atoms with Crippen LogP contribution in [0.1, 0.15) is 34.3 Å². The third kappa shape index (κ3) is 3.12. The molecule has 1 atom stereocenters. The summed E-state index contributed by atoms with van der Waals surface area (Å²) in [7, 11) is 0. The van der Waals surface area contributed by atoms with Crippen LogP contribution >= 0.6 is 0 Å². The van der Waals surface area contributed by atoms with Crippen LogP contribution in [0.25, 0.3) is 16.7 Å². The summed E-state index contributed by atoms with van der Waals surface area (Å²) in [5.74, 6) is 0.268. The molecule has 30 heavy (non-hydrogen) atoms. The molecule has 0 aliphatic carbocycles. The zero-order chi connectivity index (χ0) is 20.7. The first-order valence-electron chi connectivity index (χ1n) is 9.74. The molecule has 6 nitrogen and oxygen atoms in total. The molecular formula is C24H19N3O3. The summed E-state index contributed by atoms with van der Waals surface area (Å²) in [5.41, 5.74) is 4.74. The number of ether oxygens (including phenoxy) is 1. The van der Waals surface area contributed by atoms with E-state index in [0.717, 1.165) is 28.1 Å². The van der Waals surface area contributed by atoms with Crippen molar-refractivity contribution in [3.63, 3.8) is 0 Å². The number of rotatable bonds is 4. The van der Waals surface area contributed by atoms with Crippen LogP contribution in [-0.4, -0.2) is 21.4 Å². The average molecular weight is 397 g/mol. The molecular weight excluding hydrogens is 378 g/mol. The minimum absolute atomic E-state index is 0.0677. The number of fused-ring (bicyclic) bond motifs is 2. The Labute approximate surface area is 173 Å². The lowest BCUT2D eigenvalue weighted by molar-refractivity contribution is -0.118. The molecule has 148 valence electrons. The fourth-order valence-electron chi connectivity index (χ4n) is 3.93. The van der Waals surface area contributed by atoms with Crippen molar-refractivity contribution in [1.29, 1.82) is 0 Å². The second kappa shape index (κ2) is 7.15. The van der Waals surface area contributed by atoms with Gasteiger partial charge < -0.3 is 10.1 Å². The predicted molar refractivity (Wildman–Crippen MR) is 114 cm³/mol. The molecule has 1 aliphatic heterocycles. The van der Waals surface area contributed by atoms with Crippen molar-refractivity contribution < 1.29 is 14.3 Å². The molecule has 0 saturated carbocycles. The van der Waals surface area contributed by atoms with Crippen LogP contribution in [0.15, 0.2) is 72.8 Å². The number of carbonyl (C=O) groups is 2. The van der Waals surface area contributed by atoms with Crippen LogP contribution < -0.4 is 5.32 Å². The molecule has 1 aliphatic rings. The van der Waals surface area contributed by atoms with Crippen molar-refractivity contribution in [2.75, 3.05) is 5.32 Å². The van der Waals surface area contributed by atoms with Gasteiger partial charge in [-0.05, 0) is 43.3 Å². The van der Waals surface area contributed by atoms with Crippen molar-refractivity contribution in [1.82, 2.24) is 9.55 Å². The van der Waals surface area contributed by atoms with Crippen molar-refractivity contribution in [3.8, 4) is 5.69 Å². The number of carbonyl (C=O) groups excluding carboxylic acids is 2. The maximum absolute atomic E-state index is 12.6. The van der Waals surface area contributed by atoms with Crippen molar-refractivity contribution >= 4 is 28.6 Å². The third-order valence-electron chi connectivity index (χ3n) is 5.27. The first kappa shape index (κ1) is 18.1. The zero-order valence-corrected chi connectivity index (χ0v) is 16.3. The molecule has 0 saturated heterocycles. The number of hydrogen-bond donors (Lipinski definition) is 1. The Morgan fingerprint density at radius 3 is 2.67 bits per heavy atom. The van der Waals surface area contributed by atoms with E-state index in [4.69, 9.17) is 4.74 Å². The summed E-state index contributed by atoms with van der Waals surface area (Å²) in [4.78, 5) is 29.2. The molecule has 3 aromatic carbocycles. The van der Waals surface area contributed by atoms with E-state index in [1.807, 2.05) is 67.6 Å². The van der Waals surface area contributed by atoms with Gasteiger partial charge in [0.05, 0.1) is 23.0 Å². The Balaban J connectivity index is 1.36. The van der Waals surface area contributed by atoms with Crippen LogP contribution in [-0.2, 0) is 9.53 Å². The fourth-order valence-corrected chi connectivity index (χ4v) is 3.93. The van der Waals surface area contributed by atoms with Crippen molar-refractivity contribution in [2.45, 2.75) is 19.4 Å². The smallest absolute Gasteiger partial charge is 0.339 e. The Bertz CT molecular complexity index is 1280. The molecule has 0 radical (unpaired) electrons. The molecule has 1 N–H and O–H groups in total. The number of para-hydroxylation sites is 1. The summed E-state index contributed by atoms with van der Waals surface area (Å²) in [5, 5.41) is 2.90. The quantitative estimate of drug-likeness (QED) is 0.512. The standard InChI is InChI=1S/C24H19N3O3/c1-15-25-20-13-16(11-12-21(20)27(15)17-7-3-2-4-8-17)26-23(28)14-22-18-9-5-6-10-19(18)24(29)30-22/h2-13,22H,14H2,1H3,(H,26,28)/t22-/m0/s1. The Morgan fingerprint density at radius 2 is 1.83 bits per heavy atom. The summed E-state index contributed by atoms with van der Waals surface area (Å²) in [6, 6.07) is 22.8. The monoisotopic (exact) mass is 397 g/mol. The minimum atomic E-state index is -0.558. The zero-order valence-electron chi connectivity index (χ0n) is 16.3. The number of imidazole rings is 1. The van der Waals surface area contributed by atoms with Crippen LogP contribution in [0, 0.1) is 6.92 Å². The normalized spacial score (nSPS) is 15.1. The highest BCUT2D eigenvalue weighted by Gasteiger charge is 2.32. The molecule has 2 heterocycles. The van der Waals surface area contributed by atoms with Crippen molar-refractivity contribution in [2.24, 2.45) is 0 Å². The Kier molecular flexibility index (Phi) is 4.32. The number of nitrogens with zero attached hydrogens (tertiary/aromatic N) is 2. The number of aromatic nitrogens is 2. The SMILES string of the molecule is Cc1nc2cc(NC(=O)C[C@@H]3OC(=O)c4ccccc43)ccc2n1-c1ccccc1. The molecule has 1 aromatic heterocycles. The molecule has 0 spiro atoms. The first-order chi connectivity index (χ1) is 14.6. The van der Waals surface area contributed by atoms with E-state index in [1.54, 1.807) is 12.1 Å². The van der Waals surface area contributed by atoms with E-state index in [2.05, 4.69) is 14.9 Å². The highest BCUT2D eigenvalue weighted by molar-refractivity contribution is 5.97. The summed E-state index contributed by atoms with van der Waals surface area (Å²) < 4.78 is 7.44. The lowest BCUT2D eigenvalue weighted by Gasteiger charge is -2.11. The van der Waals surface area contributed by atoms with E-state index < -0.39 is 6.10 Å². The predicted octanol–water partition coefficient (Wildman–Crippen LogP) is 4.57. The van der Waals surface area contributed by atoms with Gasteiger partial charge in [0.1, 0.15) is 11.9 Å². The van der Waals surface area contributed by atoms with Gasteiger partial charge in [0, 0.05) is 16.9 Å². The minimum Gasteiger partial charge on any atom is -0.453 e. The number of nitrogens with one attached hydrogen (secondary N) is 1. The van der Waals surface area contributed by atoms with E-state index in [1.165, 1.54) is 0 Å². The molecule has 4 aromatic rings. The number of esters is 1.